The summed E-state index contributed by atoms with van der Waals surface area (Å²) >= 11 is 5.54. The first-order valence-corrected chi connectivity index (χ1v) is 4.50. The van der Waals surface area contributed by atoms with Crippen LogP contribution in [0.15, 0.2) is 22.6 Å². The van der Waals surface area contributed by atoms with Crippen molar-refractivity contribution in [3.8, 4) is 0 Å². The second kappa shape index (κ2) is 3.26. The van der Waals surface area contributed by atoms with E-state index in [-0.39, 0.29) is 0 Å². The molecule has 0 spiro atoms. The Balaban J connectivity index is 2.48. The molecule has 0 atom stereocenters. The molecule has 0 aliphatic rings. The number of rotatable bonds is 2. The van der Waals surface area contributed by atoms with Gasteiger partial charge in [0.15, 0.2) is 11.5 Å². The quantitative estimate of drug-likeness (QED) is 0.593. The van der Waals surface area contributed by atoms with Crippen LogP contribution in [0.5, 0.6) is 0 Å². The van der Waals surface area contributed by atoms with E-state index >= 15 is 0 Å². The summed E-state index contributed by atoms with van der Waals surface area (Å²) in [5.41, 5.74) is 2.61. The fourth-order valence-electron chi connectivity index (χ4n) is 1.23. The van der Waals surface area contributed by atoms with Gasteiger partial charge in [0.25, 0.3) is 0 Å². The number of nitrogens with one attached hydrogen (secondary N) is 1. The van der Waals surface area contributed by atoms with Crippen molar-refractivity contribution in [1.29, 1.82) is 0 Å². The number of halogens is 1. The summed E-state index contributed by atoms with van der Waals surface area (Å²) < 4.78 is 5.33. The number of hydrogen-bond acceptors (Lipinski definition) is 3. The molecule has 3 nitrogen and oxygen atoms in total. The Morgan fingerprint density at radius 1 is 1.54 bits per heavy atom. The van der Waals surface area contributed by atoms with Crippen molar-refractivity contribution in [2.24, 2.45) is 0 Å². The highest BCUT2D eigenvalue weighted by atomic mass is 35.5. The molecule has 4 heteroatoms. The average Bonchev–Trinajstić information content (AvgIpc) is 2.44. The highest BCUT2D eigenvalue weighted by Crippen LogP contribution is 2.19. The standard InChI is InChI=1S/C9H9ClN2O/c1-6-12-8-4-7(11-5-10)2-3-9(8)13-6/h2-4,11H,5H2,1H3. The van der Waals surface area contributed by atoms with E-state index in [1.54, 1.807) is 0 Å². The zero-order chi connectivity index (χ0) is 9.26. The van der Waals surface area contributed by atoms with Gasteiger partial charge in [0, 0.05) is 12.6 Å². The summed E-state index contributed by atoms with van der Waals surface area (Å²) in [5, 5.41) is 2.99. The minimum absolute atomic E-state index is 0.391. The van der Waals surface area contributed by atoms with Crippen LogP contribution >= 0.6 is 11.6 Å². The highest BCUT2D eigenvalue weighted by Gasteiger charge is 2.01. The molecular weight excluding hydrogens is 188 g/mol. The van der Waals surface area contributed by atoms with Crippen LogP contribution in [-0.2, 0) is 0 Å². The molecule has 1 heterocycles. The van der Waals surface area contributed by atoms with Gasteiger partial charge in [0.2, 0.25) is 0 Å². The molecule has 0 aliphatic carbocycles. The van der Waals surface area contributed by atoms with Crippen molar-refractivity contribution in [3.63, 3.8) is 0 Å². The van der Waals surface area contributed by atoms with Crippen molar-refractivity contribution in [3.05, 3.63) is 24.1 Å². The molecule has 0 radical (unpaired) electrons. The minimum atomic E-state index is 0.391. The molecule has 0 fully saturated rings. The summed E-state index contributed by atoms with van der Waals surface area (Å²) in [6.45, 7) is 1.83. The number of oxazole rings is 1. The van der Waals surface area contributed by atoms with Crippen molar-refractivity contribution >= 4 is 28.4 Å². The smallest absolute Gasteiger partial charge is 0.192 e. The summed E-state index contributed by atoms with van der Waals surface area (Å²) in [6, 6.07) is 6.09. The van der Waals surface area contributed by atoms with E-state index < -0.39 is 0 Å². The number of benzene rings is 1. The van der Waals surface area contributed by atoms with Gasteiger partial charge in [-0.05, 0) is 18.2 Å². The van der Waals surface area contributed by atoms with Crippen LogP contribution in [-0.4, -0.2) is 11.0 Å². The number of aryl methyl sites for hydroxylation is 1. The van der Waals surface area contributed by atoms with Crippen LogP contribution in [0.1, 0.15) is 5.89 Å². The number of hydrogen-bond donors (Lipinski definition) is 1. The first-order valence-electron chi connectivity index (χ1n) is 3.96. The SMILES string of the molecule is Cc1nc2cc(NCCl)ccc2o1. The number of alkyl halides is 1. The predicted octanol–water partition coefficient (Wildman–Crippen LogP) is 2.74. The van der Waals surface area contributed by atoms with Gasteiger partial charge >= 0.3 is 0 Å². The van der Waals surface area contributed by atoms with Crippen molar-refractivity contribution in [1.82, 2.24) is 4.98 Å². The average molecular weight is 197 g/mol. The molecule has 13 heavy (non-hydrogen) atoms. The second-order valence-corrected chi connectivity index (χ2v) is 2.99. The van der Waals surface area contributed by atoms with Crippen LogP contribution < -0.4 is 5.32 Å². The Bertz CT molecular complexity index is 424. The van der Waals surface area contributed by atoms with Crippen LogP contribution in [0.3, 0.4) is 0 Å². The van der Waals surface area contributed by atoms with Gasteiger partial charge < -0.3 is 9.73 Å². The summed E-state index contributed by atoms with van der Waals surface area (Å²) in [7, 11) is 0. The van der Waals surface area contributed by atoms with Gasteiger partial charge in [-0.3, -0.25) is 0 Å². The number of aromatic nitrogens is 1. The molecule has 1 aromatic heterocycles. The maximum absolute atomic E-state index is 5.54. The topological polar surface area (TPSA) is 38.1 Å². The second-order valence-electron chi connectivity index (χ2n) is 2.73. The lowest BCUT2D eigenvalue weighted by Crippen LogP contribution is -1.92. The van der Waals surface area contributed by atoms with Crippen molar-refractivity contribution < 1.29 is 4.42 Å². The first kappa shape index (κ1) is 8.38. The van der Waals surface area contributed by atoms with E-state index in [1.165, 1.54) is 0 Å². The van der Waals surface area contributed by atoms with Crippen LogP contribution in [0.2, 0.25) is 0 Å². The lowest BCUT2D eigenvalue weighted by atomic mass is 10.3. The molecule has 0 bridgehead atoms. The molecule has 0 saturated carbocycles. The lowest BCUT2D eigenvalue weighted by molar-refractivity contribution is 0.561. The Morgan fingerprint density at radius 3 is 3.15 bits per heavy atom. The third-order valence-corrected chi connectivity index (χ3v) is 1.90. The summed E-state index contributed by atoms with van der Waals surface area (Å²) in [5.74, 6) is 0.679. The molecule has 2 rings (SSSR count). The Hall–Kier alpha value is -1.22. The molecule has 0 amide bonds. The van der Waals surface area contributed by atoms with E-state index in [0.29, 0.717) is 11.9 Å². The Labute approximate surface area is 80.7 Å². The minimum Gasteiger partial charge on any atom is -0.441 e. The maximum Gasteiger partial charge on any atom is 0.192 e. The lowest BCUT2D eigenvalue weighted by Gasteiger charge is -1.99. The molecule has 2 aromatic rings. The molecule has 1 aromatic carbocycles. The number of nitrogens with zero attached hydrogens (tertiary/aromatic N) is 1. The van der Waals surface area contributed by atoms with E-state index in [9.17, 15) is 0 Å². The predicted molar refractivity (Wildman–Crippen MR) is 53.1 cm³/mol. The zero-order valence-electron chi connectivity index (χ0n) is 7.17. The molecule has 68 valence electrons. The molecule has 0 aliphatic heterocycles. The summed E-state index contributed by atoms with van der Waals surface area (Å²) in [6.07, 6.45) is 0. The zero-order valence-corrected chi connectivity index (χ0v) is 7.93. The monoisotopic (exact) mass is 196 g/mol. The number of anilines is 1. The molecule has 0 unspecified atom stereocenters. The summed E-state index contributed by atoms with van der Waals surface area (Å²) in [4.78, 5) is 4.21. The Morgan fingerprint density at radius 2 is 2.38 bits per heavy atom. The van der Waals surface area contributed by atoms with Crippen LogP contribution in [0.4, 0.5) is 5.69 Å². The Kier molecular flexibility index (Phi) is 2.10. The van der Waals surface area contributed by atoms with Crippen LogP contribution in [0.25, 0.3) is 11.1 Å². The number of fused-ring (bicyclic) bond motifs is 1. The van der Waals surface area contributed by atoms with E-state index in [2.05, 4.69) is 10.3 Å². The van der Waals surface area contributed by atoms with Crippen LogP contribution in [0, 0.1) is 6.92 Å². The van der Waals surface area contributed by atoms with Crippen molar-refractivity contribution in [2.45, 2.75) is 6.92 Å². The van der Waals surface area contributed by atoms with Gasteiger partial charge in [0.1, 0.15) is 5.52 Å². The van der Waals surface area contributed by atoms with E-state index in [0.717, 1.165) is 16.8 Å². The van der Waals surface area contributed by atoms with Gasteiger partial charge in [-0.15, -0.1) is 11.6 Å². The first-order chi connectivity index (χ1) is 6.29. The largest absolute Gasteiger partial charge is 0.441 e. The molecule has 1 N–H and O–H groups in total. The highest BCUT2D eigenvalue weighted by molar-refractivity contribution is 6.18. The fourth-order valence-corrected chi connectivity index (χ4v) is 1.38. The van der Waals surface area contributed by atoms with E-state index in [4.69, 9.17) is 16.0 Å². The molecular formula is C9H9ClN2O. The van der Waals surface area contributed by atoms with Gasteiger partial charge in [-0.25, -0.2) is 4.98 Å². The van der Waals surface area contributed by atoms with Gasteiger partial charge in [0.05, 0.1) is 6.00 Å². The third kappa shape index (κ3) is 1.60. The van der Waals surface area contributed by atoms with Gasteiger partial charge in [-0.1, -0.05) is 0 Å². The van der Waals surface area contributed by atoms with Gasteiger partial charge in [-0.2, -0.15) is 0 Å². The molecule has 0 saturated heterocycles. The maximum atomic E-state index is 5.54. The van der Waals surface area contributed by atoms with Crippen molar-refractivity contribution in [2.75, 3.05) is 11.3 Å². The third-order valence-electron chi connectivity index (χ3n) is 1.77. The fraction of sp³-hybridized carbons (Fsp3) is 0.222. The normalized spacial score (nSPS) is 10.6. The van der Waals surface area contributed by atoms with E-state index in [1.807, 2.05) is 25.1 Å².